The lowest BCUT2D eigenvalue weighted by molar-refractivity contribution is -0.141. The van der Waals surface area contributed by atoms with Gasteiger partial charge in [0.05, 0.1) is 12.8 Å². The summed E-state index contributed by atoms with van der Waals surface area (Å²) in [5, 5.41) is 33.8. The first-order valence-electron chi connectivity index (χ1n) is 9.65. The zero-order chi connectivity index (χ0) is 23.9. The zero-order valence-electron chi connectivity index (χ0n) is 17.6. The van der Waals surface area contributed by atoms with E-state index >= 15 is 0 Å². The minimum absolute atomic E-state index is 0. The van der Waals surface area contributed by atoms with Crippen molar-refractivity contribution < 1.29 is 49.2 Å². The fraction of sp³-hybridized carbons (Fsp3) is 0.714. The highest BCUT2D eigenvalue weighted by Gasteiger charge is 2.24. The number of Topliss-reactive ketones (excluding diaryl/α,β-unsaturated/α-hetero) is 2. The van der Waals surface area contributed by atoms with Crippen molar-refractivity contribution in [1.82, 2.24) is 0 Å². The smallest absolute Gasteiger partial charge is 0.304 e. The molecule has 4 N–H and O–H groups in total. The van der Waals surface area contributed by atoms with Crippen molar-refractivity contribution in [1.29, 1.82) is 0 Å². The summed E-state index contributed by atoms with van der Waals surface area (Å²) < 4.78 is 0. The molecule has 0 bridgehead atoms. The van der Waals surface area contributed by atoms with E-state index in [1.807, 2.05) is 0 Å². The molecule has 0 heterocycles. The Kier molecular flexibility index (Phi) is 19.1. The van der Waals surface area contributed by atoms with Gasteiger partial charge in [-0.1, -0.05) is 21.3 Å². The van der Waals surface area contributed by atoms with Crippen molar-refractivity contribution in [2.75, 3.05) is 0 Å². The zero-order valence-corrected chi connectivity index (χ0v) is 17.6. The molecule has 0 aromatic carbocycles. The van der Waals surface area contributed by atoms with Gasteiger partial charge in [0, 0.05) is 31.6 Å². The summed E-state index contributed by atoms with van der Waals surface area (Å²) in [5.74, 6) is -4.93. The van der Waals surface area contributed by atoms with Gasteiger partial charge < -0.3 is 20.4 Å². The number of carboxylic acids is 4. The third-order valence-corrected chi connectivity index (χ3v) is 4.46. The van der Waals surface area contributed by atoms with Gasteiger partial charge in [-0.15, -0.1) is 0 Å². The van der Waals surface area contributed by atoms with Gasteiger partial charge >= 0.3 is 23.9 Å². The summed E-state index contributed by atoms with van der Waals surface area (Å²) in [5.41, 5.74) is 0. The van der Waals surface area contributed by atoms with Crippen LogP contribution < -0.4 is 0 Å². The van der Waals surface area contributed by atoms with Gasteiger partial charge in [0.15, 0.2) is 0 Å². The SMILES string of the molecule is C.CC(=O)C(CC(=O)O)C(C)CCC(=O)O.CC(CCC(=O)O)CC(=O)CCC(=O)O. The standard InChI is InChI=1S/2C10H16O5.CH4/c1-6(3-4-9(12)13)8(7(2)11)5-10(14)15;1-7(2-4-9(12)13)6-8(11)3-5-10(14)15;/h6,8H,3-5H2,1-2H3,(H,12,13)(H,14,15);7H,2-6H2,1H3,(H,12,13)(H,14,15);1H4. The van der Waals surface area contributed by atoms with Crippen LogP contribution in [0.1, 0.15) is 79.6 Å². The van der Waals surface area contributed by atoms with Crippen molar-refractivity contribution in [2.24, 2.45) is 17.8 Å². The molecule has 0 saturated heterocycles. The van der Waals surface area contributed by atoms with Crippen molar-refractivity contribution >= 4 is 35.4 Å². The van der Waals surface area contributed by atoms with Crippen LogP contribution in [0.5, 0.6) is 0 Å². The predicted octanol–water partition coefficient (Wildman–Crippen LogP) is 3.11. The molecule has 0 saturated carbocycles. The normalized spacial score (nSPS) is 12.7. The van der Waals surface area contributed by atoms with Gasteiger partial charge in [-0.05, 0) is 31.6 Å². The lowest BCUT2D eigenvalue weighted by Crippen LogP contribution is -2.23. The number of hydrogen-bond acceptors (Lipinski definition) is 6. The highest BCUT2D eigenvalue weighted by molar-refractivity contribution is 5.83. The second kappa shape index (κ2) is 18.0. The summed E-state index contributed by atoms with van der Waals surface area (Å²) >= 11 is 0. The number of carbonyl (C=O) groups excluding carboxylic acids is 2. The van der Waals surface area contributed by atoms with E-state index in [4.69, 9.17) is 20.4 Å². The minimum atomic E-state index is -1.03. The van der Waals surface area contributed by atoms with Crippen molar-refractivity contribution in [3.63, 3.8) is 0 Å². The molecule has 0 rings (SSSR count). The van der Waals surface area contributed by atoms with Crippen molar-refractivity contribution in [3.05, 3.63) is 0 Å². The van der Waals surface area contributed by atoms with E-state index in [-0.39, 0.29) is 69.4 Å². The topological polar surface area (TPSA) is 183 Å². The number of hydrogen-bond donors (Lipinski definition) is 4. The van der Waals surface area contributed by atoms with E-state index in [9.17, 15) is 28.8 Å². The van der Waals surface area contributed by atoms with E-state index in [0.29, 0.717) is 12.8 Å². The monoisotopic (exact) mass is 448 g/mol. The molecule has 10 heteroatoms. The summed E-state index contributed by atoms with van der Waals surface area (Å²) in [4.78, 5) is 63.6. The largest absolute Gasteiger partial charge is 0.481 e. The van der Waals surface area contributed by atoms with E-state index in [1.54, 1.807) is 13.8 Å². The Morgan fingerprint density at radius 1 is 0.645 bits per heavy atom. The predicted molar refractivity (Wildman–Crippen MR) is 112 cm³/mol. The maximum atomic E-state index is 11.2. The number of rotatable bonds is 15. The molecular weight excluding hydrogens is 412 g/mol. The molecule has 0 fully saturated rings. The molecule has 180 valence electrons. The maximum absolute atomic E-state index is 11.2. The molecule has 31 heavy (non-hydrogen) atoms. The second-order valence-corrected chi connectivity index (χ2v) is 7.40. The van der Waals surface area contributed by atoms with Crippen LogP contribution in [0.2, 0.25) is 0 Å². The third-order valence-electron chi connectivity index (χ3n) is 4.46. The maximum Gasteiger partial charge on any atom is 0.304 e. The van der Waals surface area contributed by atoms with Crippen molar-refractivity contribution in [3.8, 4) is 0 Å². The summed E-state index contributed by atoms with van der Waals surface area (Å²) in [6.45, 7) is 4.84. The number of carboxylic acid groups (broad SMARTS) is 4. The van der Waals surface area contributed by atoms with E-state index in [0.717, 1.165) is 0 Å². The Labute approximate surface area is 182 Å². The first-order chi connectivity index (χ1) is 13.8. The highest BCUT2D eigenvalue weighted by Crippen LogP contribution is 2.21. The third kappa shape index (κ3) is 21.7. The molecule has 0 amide bonds. The second-order valence-electron chi connectivity index (χ2n) is 7.40. The summed E-state index contributed by atoms with van der Waals surface area (Å²) in [7, 11) is 0. The van der Waals surface area contributed by atoms with Gasteiger partial charge in [0.2, 0.25) is 0 Å². The molecule has 3 atom stereocenters. The Balaban J connectivity index is -0.000000490. The molecular formula is C21H36O10. The molecule has 0 aliphatic heterocycles. The fourth-order valence-electron chi connectivity index (χ4n) is 2.70. The molecule has 0 radical (unpaired) electrons. The quantitative estimate of drug-likeness (QED) is 0.290. The Hall–Kier alpha value is -2.78. The van der Waals surface area contributed by atoms with Crippen LogP contribution in [0, 0.1) is 17.8 Å². The first kappa shape index (κ1) is 32.9. The fourth-order valence-corrected chi connectivity index (χ4v) is 2.70. The summed E-state index contributed by atoms with van der Waals surface area (Å²) in [6.07, 6.45) is 0.715. The van der Waals surface area contributed by atoms with Gasteiger partial charge in [0.1, 0.15) is 11.6 Å². The van der Waals surface area contributed by atoms with Gasteiger partial charge in [0.25, 0.3) is 0 Å². The molecule has 10 nitrogen and oxygen atoms in total. The number of carbonyl (C=O) groups is 6. The van der Waals surface area contributed by atoms with Crippen LogP contribution in [-0.2, 0) is 28.8 Å². The van der Waals surface area contributed by atoms with Gasteiger partial charge in [-0.2, -0.15) is 0 Å². The Bertz CT molecular complexity index is 609. The average Bonchev–Trinajstić information content (AvgIpc) is 2.60. The molecule has 0 aliphatic rings. The van der Waals surface area contributed by atoms with Crippen LogP contribution in [0.15, 0.2) is 0 Å². The van der Waals surface area contributed by atoms with Crippen LogP contribution in [0.4, 0.5) is 0 Å². The molecule has 0 aromatic heterocycles. The molecule has 0 aliphatic carbocycles. The van der Waals surface area contributed by atoms with E-state index in [1.165, 1.54) is 6.92 Å². The van der Waals surface area contributed by atoms with Gasteiger partial charge in [-0.25, -0.2) is 0 Å². The molecule has 0 aromatic rings. The number of ketones is 2. The lowest BCUT2D eigenvalue weighted by atomic mass is 9.85. The van der Waals surface area contributed by atoms with E-state index < -0.39 is 29.8 Å². The first-order valence-corrected chi connectivity index (χ1v) is 9.65. The van der Waals surface area contributed by atoms with Crippen LogP contribution in [-0.4, -0.2) is 55.9 Å². The van der Waals surface area contributed by atoms with E-state index in [2.05, 4.69) is 0 Å². The Morgan fingerprint density at radius 3 is 1.48 bits per heavy atom. The summed E-state index contributed by atoms with van der Waals surface area (Å²) in [6, 6.07) is 0. The van der Waals surface area contributed by atoms with Gasteiger partial charge in [-0.3, -0.25) is 28.8 Å². The van der Waals surface area contributed by atoms with Crippen LogP contribution in [0.25, 0.3) is 0 Å². The Morgan fingerprint density at radius 2 is 1.10 bits per heavy atom. The van der Waals surface area contributed by atoms with Crippen LogP contribution in [0.3, 0.4) is 0 Å². The minimum Gasteiger partial charge on any atom is -0.481 e. The van der Waals surface area contributed by atoms with Crippen molar-refractivity contribution in [2.45, 2.75) is 79.6 Å². The lowest BCUT2D eigenvalue weighted by Gasteiger charge is -2.18. The molecule has 0 spiro atoms. The highest BCUT2D eigenvalue weighted by atomic mass is 16.4. The van der Waals surface area contributed by atoms with Crippen LogP contribution >= 0.6 is 0 Å². The average molecular weight is 449 g/mol. The number of aliphatic carboxylic acids is 4. The molecule has 3 unspecified atom stereocenters.